The number of amides is 1. The van der Waals surface area contributed by atoms with Gasteiger partial charge in [0.1, 0.15) is 6.54 Å². The van der Waals surface area contributed by atoms with Crippen molar-refractivity contribution in [3.63, 3.8) is 0 Å². The van der Waals surface area contributed by atoms with Gasteiger partial charge in [0.25, 0.3) is 5.91 Å². The quantitative estimate of drug-likeness (QED) is 0.653. The molecule has 10 heteroatoms. The lowest BCUT2D eigenvalue weighted by atomic mass is 10.0. The Bertz CT molecular complexity index is 939. The maximum absolute atomic E-state index is 11.7. The average molecular weight is 348 g/mol. The standard InChI is InChI=1S/C14H12N4O5S/c15-6-7-17-13(19)10-3-1-9(2-4-10)11-5-8-18(24(16,22)23)12(11)14(20)21/h1-5,8H,7H2,(H,17,19)(H,20,21)(H2,16,22,23). The summed E-state index contributed by atoms with van der Waals surface area (Å²) in [6, 6.07) is 8.88. The van der Waals surface area contributed by atoms with Gasteiger partial charge in [-0.2, -0.15) is 13.7 Å². The second-order valence-corrected chi connectivity index (χ2v) is 6.07. The Morgan fingerprint density at radius 1 is 1.25 bits per heavy atom. The number of carbonyl (C=O) groups is 2. The highest BCUT2D eigenvalue weighted by Crippen LogP contribution is 2.26. The molecule has 0 unspecified atom stereocenters. The first-order valence-corrected chi connectivity index (χ1v) is 7.99. The van der Waals surface area contributed by atoms with Crippen LogP contribution in [0.3, 0.4) is 0 Å². The summed E-state index contributed by atoms with van der Waals surface area (Å²) in [5.41, 5.74) is 0.308. The highest BCUT2D eigenvalue weighted by atomic mass is 32.2. The van der Waals surface area contributed by atoms with Crippen LogP contribution in [-0.4, -0.2) is 35.9 Å². The van der Waals surface area contributed by atoms with Crippen LogP contribution in [0.2, 0.25) is 0 Å². The molecule has 0 spiro atoms. The number of carboxylic acid groups (broad SMARTS) is 1. The van der Waals surface area contributed by atoms with Crippen molar-refractivity contribution < 1.29 is 23.1 Å². The van der Waals surface area contributed by atoms with Gasteiger partial charge in [-0.1, -0.05) is 12.1 Å². The van der Waals surface area contributed by atoms with Gasteiger partial charge in [-0.05, 0) is 23.8 Å². The van der Waals surface area contributed by atoms with Crippen molar-refractivity contribution >= 4 is 22.1 Å². The van der Waals surface area contributed by atoms with Crippen LogP contribution >= 0.6 is 0 Å². The fourth-order valence-electron chi connectivity index (χ4n) is 2.09. The van der Waals surface area contributed by atoms with Crippen LogP contribution < -0.4 is 10.5 Å². The number of hydrogen-bond donors (Lipinski definition) is 3. The molecular weight excluding hydrogens is 336 g/mol. The number of nitrogens with zero attached hydrogens (tertiary/aromatic N) is 2. The number of aromatic nitrogens is 1. The zero-order valence-electron chi connectivity index (χ0n) is 12.1. The van der Waals surface area contributed by atoms with E-state index in [1.54, 1.807) is 6.07 Å². The Kier molecular flexibility index (Phi) is 4.68. The smallest absolute Gasteiger partial charge is 0.354 e. The molecule has 4 N–H and O–H groups in total. The van der Waals surface area contributed by atoms with Crippen molar-refractivity contribution in [1.82, 2.24) is 9.29 Å². The summed E-state index contributed by atoms with van der Waals surface area (Å²) in [7, 11) is -4.26. The summed E-state index contributed by atoms with van der Waals surface area (Å²) in [6.45, 7) is -0.138. The van der Waals surface area contributed by atoms with Gasteiger partial charge < -0.3 is 10.4 Å². The maximum atomic E-state index is 11.7. The molecule has 1 aromatic carbocycles. The summed E-state index contributed by atoms with van der Waals surface area (Å²) in [4.78, 5) is 23.1. The fourth-order valence-corrected chi connectivity index (χ4v) is 2.75. The first kappa shape index (κ1) is 17.2. The van der Waals surface area contributed by atoms with E-state index < -0.39 is 27.8 Å². The molecule has 1 amide bonds. The van der Waals surface area contributed by atoms with Crippen molar-refractivity contribution in [2.24, 2.45) is 5.14 Å². The first-order valence-electron chi connectivity index (χ1n) is 6.49. The van der Waals surface area contributed by atoms with Gasteiger partial charge in [0.05, 0.1) is 6.07 Å². The molecule has 2 rings (SSSR count). The second-order valence-electron chi connectivity index (χ2n) is 4.64. The van der Waals surface area contributed by atoms with Crippen molar-refractivity contribution in [3.05, 3.63) is 47.8 Å². The van der Waals surface area contributed by atoms with E-state index in [1.165, 1.54) is 30.3 Å². The van der Waals surface area contributed by atoms with Gasteiger partial charge in [-0.3, -0.25) is 4.79 Å². The third kappa shape index (κ3) is 3.43. The van der Waals surface area contributed by atoms with Gasteiger partial charge in [0, 0.05) is 17.3 Å². The Labute approximate surface area is 137 Å². The van der Waals surface area contributed by atoms with Gasteiger partial charge >= 0.3 is 16.2 Å². The van der Waals surface area contributed by atoms with E-state index in [0.717, 1.165) is 6.20 Å². The molecule has 9 nitrogen and oxygen atoms in total. The van der Waals surface area contributed by atoms with Gasteiger partial charge in [-0.15, -0.1) is 0 Å². The number of nitrogens with two attached hydrogens (primary N) is 1. The number of nitriles is 1. The molecule has 0 atom stereocenters. The zero-order valence-corrected chi connectivity index (χ0v) is 12.9. The SMILES string of the molecule is N#CCNC(=O)c1ccc(-c2ccn(S(N)(=O)=O)c2C(=O)O)cc1. The van der Waals surface area contributed by atoms with Crippen molar-refractivity contribution in [2.75, 3.05) is 6.54 Å². The molecule has 1 aromatic heterocycles. The summed E-state index contributed by atoms with van der Waals surface area (Å²) >= 11 is 0. The normalized spacial score (nSPS) is 10.8. The van der Waals surface area contributed by atoms with E-state index in [2.05, 4.69) is 5.32 Å². The van der Waals surface area contributed by atoms with Crippen LogP contribution in [0.1, 0.15) is 20.8 Å². The van der Waals surface area contributed by atoms with E-state index in [4.69, 9.17) is 10.4 Å². The van der Waals surface area contributed by atoms with Crippen molar-refractivity contribution in [2.45, 2.75) is 0 Å². The number of carbonyl (C=O) groups excluding carboxylic acids is 1. The van der Waals surface area contributed by atoms with Crippen LogP contribution in [-0.2, 0) is 10.2 Å². The predicted octanol–water partition coefficient (Wildman–Crippen LogP) is 0.158. The summed E-state index contributed by atoms with van der Waals surface area (Å²) in [5, 5.41) is 25.0. The third-order valence-electron chi connectivity index (χ3n) is 3.11. The summed E-state index contributed by atoms with van der Waals surface area (Å²) in [5.74, 6) is -1.91. The largest absolute Gasteiger partial charge is 0.477 e. The van der Waals surface area contributed by atoms with Crippen LogP contribution in [0.25, 0.3) is 11.1 Å². The Morgan fingerprint density at radius 3 is 2.38 bits per heavy atom. The molecule has 0 radical (unpaired) electrons. The molecule has 1 heterocycles. The number of hydrogen-bond acceptors (Lipinski definition) is 5. The number of aromatic carboxylic acids is 1. The Morgan fingerprint density at radius 2 is 1.88 bits per heavy atom. The summed E-state index contributed by atoms with van der Waals surface area (Å²) < 4.78 is 23.4. The highest BCUT2D eigenvalue weighted by Gasteiger charge is 2.22. The third-order valence-corrected chi connectivity index (χ3v) is 3.97. The van der Waals surface area contributed by atoms with Crippen LogP contribution in [0.4, 0.5) is 0 Å². The van der Waals surface area contributed by atoms with E-state index in [1.807, 2.05) is 0 Å². The minimum Gasteiger partial charge on any atom is -0.477 e. The molecule has 0 aliphatic carbocycles. The van der Waals surface area contributed by atoms with Crippen LogP contribution in [0, 0.1) is 11.3 Å². The molecule has 0 saturated heterocycles. The fraction of sp³-hybridized carbons (Fsp3) is 0.0714. The number of rotatable bonds is 5. The van der Waals surface area contributed by atoms with Crippen LogP contribution in [0.15, 0.2) is 36.5 Å². The predicted molar refractivity (Wildman–Crippen MR) is 83.3 cm³/mol. The van der Waals surface area contributed by atoms with E-state index in [-0.39, 0.29) is 17.7 Å². The molecular formula is C14H12N4O5S. The molecule has 0 fully saturated rings. The van der Waals surface area contributed by atoms with Crippen molar-refractivity contribution in [1.29, 1.82) is 5.26 Å². The lowest BCUT2D eigenvalue weighted by Crippen LogP contribution is -2.25. The molecule has 2 aromatic rings. The number of nitrogens with one attached hydrogen (secondary N) is 1. The van der Waals surface area contributed by atoms with Crippen molar-refractivity contribution in [3.8, 4) is 17.2 Å². The maximum Gasteiger partial charge on any atom is 0.354 e. The van der Waals surface area contributed by atoms with E-state index >= 15 is 0 Å². The molecule has 0 saturated carbocycles. The number of carboxylic acids is 1. The Balaban J connectivity index is 2.43. The Hall–Kier alpha value is -3.16. The van der Waals surface area contributed by atoms with Crippen LogP contribution in [0.5, 0.6) is 0 Å². The molecule has 0 bridgehead atoms. The minimum atomic E-state index is -4.26. The monoisotopic (exact) mass is 348 g/mol. The van der Waals surface area contributed by atoms with E-state index in [9.17, 15) is 23.1 Å². The lowest BCUT2D eigenvalue weighted by molar-refractivity contribution is 0.0690. The number of benzene rings is 1. The lowest BCUT2D eigenvalue weighted by Gasteiger charge is -2.06. The molecule has 124 valence electrons. The first-order chi connectivity index (χ1) is 11.3. The highest BCUT2D eigenvalue weighted by molar-refractivity contribution is 7.87. The summed E-state index contributed by atoms with van der Waals surface area (Å²) in [6.07, 6.45) is 1.04. The minimum absolute atomic E-state index is 0.138. The van der Waals surface area contributed by atoms with Gasteiger partial charge in [0.2, 0.25) is 0 Å². The molecule has 0 aliphatic rings. The average Bonchev–Trinajstić information content (AvgIpc) is 2.98. The van der Waals surface area contributed by atoms with Gasteiger partial charge in [0.15, 0.2) is 5.69 Å². The molecule has 0 aliphatic heterocycles. The van der Waals surface area contributed by atoms with Gasteiger partial charge in [-0.25, -0.2) is 13.9 Å². The molecule has 24 heavy (non-hydrogen) atoms. The topological polar surface area (TPSA) is 155 Å². The zero-order chi connectivity index (χ0) is 17.9. The second kappa shape index (κ2) is 6.53. The van der Waals surface area contributed by atoms with E-state index in [0.29, 0.717) is 9.54 Å².